The molecule has 35 valence electrons. The molecule has 1 unspecified atom stereocenters. The van der Waals surface area contributed by atoms with Crippen molar-refractivity contribution in [2.45, 2.75) is 20.3 Å². The van der Waals surface area contributed by atoms with Crippen LogP contribution in [-0.2, 0) is 0 Å². The van der Waals surface area contributed by atoms with Gasteiger partial charge in [-0.1, -0.05) is 13.8 Å². The van der Waals surface area contributed by atoms with Crippen LogP contribution in [0.2, 0.25) is 0 Å². The van der Waals surface area contributed by atoms with Gasteiger partial charge >= 0.3 is 0 Å². The second-order valence-electron chi connectivity index (χ2n) is 1.62. The van der Waals surface area contributed by atoms with Crippen LogP contribution in [-0.4, -0.2) is 0 Å². The molecule has 0 saturated heterocycles. The van der Waals surface area contributed by atoms with Crippen molar-refractivity contribution in [3.8, 4) is 0 Å². The van der Waals surface area contributed by atoms with E-state index >= 15 is 0 Å². The minimum absolute atomic E-state index is 0.343. The zero-order valence-corrected chi connectivity index (χ0v) is 4.44. The Bertz CT molecular complexity index is 21.2. The van der Waals surface area contributed by atoms with Crippen molar-refractivity contribution in [3.05, 3.63) is 13.3 Å². The Kier molecular flexibility index (Phi) is 3.20. The second kappa shape index (κ2) is 3.20. The Morgan fingerprint density at radius 1 is 1.83 bits per heavy atom. The van der Waals surface area contributed by atoms with Gasteiger partial charge in [-0.2, -0.15) is 0 Å². The molecule has 0 aliphatic rings. The summed E-state index contributed by atoms with van der Waals surface area (Å²) in [6, 6.07) is 0. The van der Waals surface area contributed by atoms with E-state index in [1.165, 1.54) is 0 Å². The lowest BCUT2D eigenvalue weighted by atomic mass is 10.1. The fourth-order valence-corrected chi connectivity index (χ4v) is 0.372. The van der Waals surface area contributed by atoms with E-state index in [1.54, 1.807) is 0 Å². The Morgan fingerprint density at radius 2 is 2.33 bits per heavy atom. The zero-order chi connectivity index (χ0) is 4.99. The van der Waals surface area contributed by atoms with Crippen molar-refractivity contribution in [3.63, 3.8) is 0 Å². The van der Waals surface area contributed by atoms with Crippen LogP contribution in [0.3, 0.4) is 0 Å². The predicted molar refractivity (Wildman–Crippen MR) is 28.1 cm³/mol. The van der Waals surface area contributed by atoms with E-state index in [2.05, 4.69) is 6.42 Å². The molecule has 0 spiro atoms. The third-order valence-electron chi connectivity index (χ3n) is 0.607. The van der Waals surface area contributed by atoms with Crippen LogP contribution in [0.15, 0.2) is 0 Å². The van der Waals surface area contributed by atoms with Gasteiger partial charge in [0.2, 0.25) is 0 Å². The number of hydrogen-bond donors (Lipinski definition) is 0. The van der Waals surface area contributed by atoms with Crippen LogP contribution in [0.4, 0.5) is 0 Å². The van der Waals surface area contributed by atoms with Crippen molar-refractivity contribution in [2.75, 3.05) is 0 Å². The number of rotatable bonds is 2. The molecular weight excluding hydrogens is 72.1 g/mol. The van der Waals surface area contributed by atoms with Crippen LogP contribution >= 0.6 is 0 Å². The molecule has 0 saturated carbocycles. The molecule has 0 fully saturated rings. The summed E-state index contributed by atoms with van der Waals surface area (Å²) in [6.45, 7) is 9.39. The van der Waals surface area contributed by atoms with E-state index in [9.17, 15) is 0 Å². The molecule has 1 atom stereocenters. The topological polar surface area (TPSA) is 0 Å². The summed E-state index contributed by atoms with van der Waals surface area (Å²) in [5.74, 6) is 0.343. The summed E-state index contributed by atoms with van der Waals surface area (Å²) in [6.07, 6.45) is 3.10. The highest BCUT2D eigenvalue weighted by molar-refractivity contribution is 4.62. The smallest absolute Gasteiger partial charge is 0.0321 e. The van der Waals surface area contributed by atoms with Crippen molar-refractivity contribution >= 4 is 0 Å². The van der Waals surface area contributed by atoms with E-state index in [1.807, 2.05) is 13.8 Å². The molecule has 0 aromatic carbocycles. The summed E-state index contributed by atoms with van der Waals surface area (Å²) in [4.78, 5) is 0. The maximum atomic E-state index is 5.37. The van der Waals surface area contributed by atoms with E-state index in [4.69, 9.17) is 6.92 Å². The average molecular weight is 83.2 g/mol. The summed E-state index contributed by atoms with van der Waals surface area (Å²) in [7, 11) is 0. The molecule has 0 rings (SSSR count). The minimum Gasteiger partial charge on any atom is -0.0622 e. The molecule has 0 aliphatic heterocycles. The summed E-state index contributed by atoms with van der Waals surface area (Å²) in [5, 5.41) is 0. The van der Waals surface area contributed by atoms with Gasteiger partial charge in [0.15, 0.2) is 0 Å². The fourth-order valence-electron chi connectivity index (χ4n) is 0.372. The maximum absolute atomic E-state index is 5.37. The molecule has 0 aromatic rings. The van der Waals surface area contributed by atoms with Gasteiger partial charge in [0.05, 0.1) is 0 Å². The monoisotopic (exact) mass is 83.1 g/mol. The predicted octanol–water partition coefficient (Wildman–Crippen LogP) is 1.95. The Hall–Kier alpha value is 0. The summed E-state index contributed by atoms with van der Waals surface area (Å²) < 4.78 is 0. The van der Waals surface area contributed by atoms with E-state index in [0.717, 1.165) is 6.42 Å². The van der Waals surface area contributed by atoms with E-state index < -0.39 is 0 Å². The van der Waals surface area contributed by atoms with Gasteiger partial charge in [-0.05, 0) is 25.7 Å². The van der Waals surface area contributed by atoms with Crippen molar-refractivity contribution < 1.29 is 0 Å². The van der Waals surface area contributed by atoms with Crippen LogP contribution in [0.1, 0.15) is 20.3 Å². The first-order valence-electron chi connectivity index (χ1n) is 2.30. The summed E-state index contributed by atoms with van der Waals surface area (Å²) in [5.41, 5.74) is 0. The van der Waals surface area contributed by atoms with Gasteiger partial charge < -0.3 is 0 Å². The first-order chi connectivity index (χ1) is 2.77. The van der Waals surface area contributed by atoms with Crippen LogP contribution in [0, 0.1) is 19.3 Å². The molecule has 0 aliphatic carbocycles. The van der Waals surface area contributed by atoms with Gasteiger partial charge in [0, 0.05) is 0 Å². The minimum atomic E-state index is 0.343. The third kappa shape index (κ3) is 4.00. The molecule has 0 nitrogen and oxygen atoms in total. The lowest BCUT2D eigenvalue weighted by Gasteiger charge is -1.95. The fraction of sp³-hybridized carbons (Fsp3) is 0.667. The average Bonchev–Trinajstić information content (AvgIpc) is 1.35. The van der Waals surface area contributed by atoms with Crippen molar-refractivity contribution in [2.24, 2.45) is 5.92 Å². The lowest BCUT2D eigenvalue weighted by molar-refractivity contribution is 0.708. The highest BCUT2D eigenvalue weighted by atomic mass is 13.9. The zero-order valence-electron chi connectivity index (χ0n) is 4.44. The Balaban J connectivity index is 2.63. The molecular formula is C6H11. The van der Waals surface area contributed by atoms with E-state index in [-0.39, 0.29) is 0 Å². The first-order valence-corrected chi connectivity index (χ1v) is 2.30. The van der Waals surface area contributed by atoms with Gasteiger partial charge in [0.25, 0.3) is 0 Å². The molecule has 0 aromatic heterocycles. The molecule has 0 bridgehead atoms. The molecule has 0 heterocycles. The first kappa shape index (κ1) is 6.00. The quantitative estimate of drug-likeness (QED) is 0.478. The molecule has 0 heteroatoms. The van der Waals surface area contributed by atoms with Gasteiger partial charge in [0.1, 0.15) is 0 Å². The van der Waals surface area contributed by atoms with Crippen LogP contribution in [0.5, 0.6) is 0 Å². The van der Waals surface area contributed by atoms with Gasteiger partial charge in [-0.3, -0.25) is 0 Å². The highest BCUT2D eigenvalue weighted by Gasteiger charge is 1.86. The Morgan fingerprint density at radius 3 is 2.33 bits per heavy atom. The largest absolute Gasteiger partial charge is 0.0622 e. The maximum Gasteiger partial charge on any atom is -0.0321 e. The molecule has 0 amide bonds. The summed E-state index contributed by atoms with van der Waals surface area (Å²) >= 11 is 0. The van der Waals surface area contributed by atoms with Crippen LogP contribution in [0.25, 0.3) is 0 Å². The van der Waals surface area contributed by atoms with Crippen molar-refractivity contribution in [1.82, 2.24) is 0 Å². The number of hydrogen-bond acceptors (Lipinski definition) is 0. The second-order valence-corrected chi connectivity index (χ2v) is 1.62. The molecule has 3 radical (unpaired) electrons. The standard InChI is InChI=1S/C6H11/c1-4-5-6(2)3/h2,4,6H,5H2,1,3H3. The van der Waals surface area contributed by atoms with Crippen LogP contribution < -0.4 is 0 Å². The van der Waals surface area contributed by atoms with E-state index in [0.29, 0.717) is 5.92 Å². The highest BCUT2D eigenvalue weighted by Crippen LogP contribution is 1.98. The third-order valence-corrected chi connectivity index (χ3v) is 0.607. The molecule has 0 N–H and O–H groups in total. The van der Waals surface area contributed by atoms with Gasteiger partial charge in [-0.15, -0.1) is 0 Å². The SMILES string of the molecule is [CH]C(C)C[CH]C. The Labute approximate surface area is 40.6 Å². The molecule has 6 heavy (non-hydrogen) atoms. The van der Waals surface area contributed by atoms with Crippen molar-refractivity contribution in [1.29, 1.82) is 0 Å². The lowest BCUT2D eigenvalue weighted by Crippen LogP contribution is -1.83. The normalized spacial score (nSPS) is 10.0. The van der Waals surface area contributed by atoms with Gasteiger partial charge in [-0.25, -0.2) is 0 Å².